The van der Waals surface area contributed by atoms with Crippen LogP contribution in [-0.2, 0) is 4.79 Å². The molecule has 0 spiro atoms. The van der Waals surface area contributed by atoms with Crippen molar-refractivity contribution >= 4 is 17.5 Å². The van der Waals surface area contributed by atoms with E-state index in [0.29, 0.717) is 18.2 Å². The third-order valence-corrected chi connectivity index (χ3v) is 3.88. The zero-order valence-corrected chi connectivity index (χ0v) is 13.2. The molecule has 1 unspecified atom stereocenters. The molecule has 0 saturated carbocycles. The molecule has 2 rings (SSSR count). The van der Waals surface area contributed by atoms with E-state index in [1.54, 1.807) is 0 Å². The Kier molecular flexibility index (Phi) is 6.33. The molecule has 1 aliphatic rings. The van der Waals surface area contributed by atoms with Gasteiger partial charge in [-0.2, -0.15) is 0 Å². The maximum Gasteiger partial charge on any atom is 0.237 e. The summed E-state index contributed by atoms with van der Waals surface area (Å²) >= 11 is 5.90. The van der Waals surface area contributed by atoms with E-state index in [4.69, 9.17) is 16.3 Å². The number of carbonyl (C=O) groups excluding carboxylic acids is 1. The molecule has 1 saturated heterocycles. The lowest BCUT2D eigenvalue weighted by molar-refractivity contribution is -0.123. The third kappa shape index (κ3) is 5.21. The number of nitrogens with one attached hydrogen (secondary N) is 2. The summed E-state index contributed by atoms with van der Waals surface area (Å²) in [4.78, 5) is 11.9. The van der Waals surface area contributed by atoms with Gasteiger partial charge in [-0.25, -0.2) is 0 Å². The lowest BCUT2D eigenvalue weighted by atomic mass is 10.0. The Balaban J connectivity index is 1.62. The van der Waals surface area contributed by atoms with Gasteiger partial charge in [0.15, 0.2) is 0 Å². The van der Waals surface area contributed by atoms with E-state index in [1.165, 1.54) is 0 Å². The molecule has 2 N–H and O–H groups in total. The van der Waals surface area contributed by atoms with Gasteiger partial charge >= 0.3 is 0 Å². The lowest BCUT2D eigenvalue weighted by Gasteiger charge is -2.22. The van der Waals surface area contributed by atoms with Gasteiger partial charge in [-0.1, -0.05) is 18.0 Å². The van der Waals surface area contributed by atoms with Gasteiger partial charge in [-0.05, 0) is 56.5 Å². The number of hydrogen-bond acceptors (Lipinski definition) is 3. The Hall–Kier alpha value is -1.26. The van der Waals surface area contributed by atoms with Crippen LogP contribution in [0, 0.1) is 6.92 Å². The monoisotopic (exact) mass is 310 g/mol. The third-order valence-electron chi connectivity index (χ3n) is 3.64. The molecular weight excluding hydrogens is 288 g/mol. The second-order valence-electron chi connectivity index (χ2n) is 5.41. The van der Waals surface area contributed by atoms with Gasteiger partial charge in [-0.3, -0.25) is 4.79 Å². The minimum Gasteiger partial charge on any atom is -0.493 e. The van der Waals surface area contributed by atoms with Crippen molar-refractivity contribution < 1.29 is 9.53 Å². The highest BCUT2D eigenvalue weighted by atomic mass is 35.5. The predicted octanol–water partition coefficient (Wildman–Crippen LogP) is 2.68. The highest BCUT2D eigenvalue weighted by Crippen LogP contribution is 2.21. The summed E-state index contributed by atoms with van der Waals surface area (Å²) in [6.07, 6.45) is 4.02. The van der Waals surface area contributed by atoms with Gasteiger partial charge < -0.3 is 15.4 Å². The van der Waals surface area contributed by atoms with Crippen LogP contribution < -0.4 is 15.4 Å². The second kappa shape index (κ2) is 8.25. The summed E-state index contributed by atoms with van der Waals surface area (Å²) in [7, 11) is 0. The van der Waals surface area contributed by atoms with Crippen molar-refractivity contribution in [3.05, 3.63) is 28.8 Å². The van der Waals surface area contributed by atoms with Gasteiger partial charge in [0.05, 0.1) is 12.6 Å². The van der Waals surface area contributed by atoms with Gasteiger partial charge in [-0.15, -0.1) is 0 Å². The first kappa shape index (κ1) is 16.1. The van der Waals surface area contributed by atoms with E-state index >= 15 is 0 Å². The molecule has 1 aromatic rings. The first-order chi connectivity index (χ1) is 10.2. The quantitative estimate of drug-likeness (QED) is 0.794. The van der Waals surface area contributed by atoms with Crippen LogP contribution in [0.5, 0.6) is 5.75 Å². The average Bonchev–Trinajstić information content (AvgIpc) is 2.49. The van der Waals surface area contributed by atoms with E-state index in [2.05, 4.69) is 10.6 Å². The summed E-state index contributed by atoms with van der Waals surface area (Å²) < 4.78 is 5.69. The van der Waals surface area contributed by atoms with Crippen molar-refractivity contribution in [2.75, 3.05) is 19.7 Å². The fourth-order valence-electron chi connectivity index (χ4n) is 2.44. The molecule has 5 heteroatoms. The van der Waals surface area contributed by atoms with E-state index < -0.39 is 0 Å². The SMILES string of the molecule is Cc1cc(Cl)ccc1OCCCNC(=O)C1CCCCN1. The topological polar surface area (TPSA) is 50.4 Å². The molecule has 4 nitrogen and oxygen atoms in total. The Morgan fingerprint density at radius 2 is 2.33 bits per heavy atom. The van der Waals surface area contributed by atoms with Crippen LogP contribution in [-0.4, -0.2) is 31.6 Å². The van der Waals surface area contributed by atoms with E-state index in [9.17, 15) is 4.79 Å². The molecule has 1 aromatic carbocycles. The van der Waals surface area contributed by atoms with Crippen LogP contribution in [0.25, 0.3) is 0 Å². The standard InChI is InChI=1S/C16H23ClN2O2/c1-12-11-13(17)6-7-15(12)21-10-4-9-19-16(20)14-5-2-3-8-18-14/h6-7,11,14,18H,2-5,8-10H2,1H3,(H,19,20). The normalized spacial score (nSPS) is 18.3. The fourth-order valence-corrected chi connectivity index (χ4v) is 2.67. The van der Waals surface area contributed by atoms with Crippen LogP contribution in [0.15, 0.2) is 18.2 Å². The summed E-state index contributed by atoms with van der Waals surface area (Å²) in [6.45, 7) is 4.14. The maximum absolute atomic E-state index is 11.9. The van der Waals surface area contributed by atoms with Gasteiger partial charge in [0.1, 0.15) is 5.75 Å². The molecule has 1 amide bonds. The Labute approximate surface area is 131 Å². The van der Waals surface area contributed by atoms with E-state index in [-0.39, 0.29) is 11.9 Å². The minimum absolute atomic E-state index is 0.0156. The molecule has 1 aliphatic heterocycles. The van der Waals surface area contributed by atoms with Crippen LogP contribution >= 0.6 is 11.6 Å². The van der Waals surface area contributed by atoms with Crippen LogP contribution in [0.3, 0.4) is 0 Å². The molecule has 21 heavy (non-hydrogen) atoms. The van der Waals surface area contributed by atoms with Crippen molar-refractivity contribution in [2.24, 2.45) is 0 Å². The highest BCUT2D eigenvalue weighted by molar-refractivity contribution is 6.30. The zero-order valence-electron chi connectivity index (χ0n) is 12.5. The molecule has 1 atom stereocenters. The molecule has 0 aromatic heterocycles. The van der Waals surface area contributed by atoms with Crippen LogP contribution in [0.2, 0.25) is 5.02 Å². The van der Waals surface area contributed by atoms with Crippen LogP contribution in [0.1, 0.15) is 31.2 Å². The molecule has 1 heterocycles. The first-order valence-electron chi connectivity index (χ1n) is 7.57. The van der Waals surface area contributed by atoms with Crippen molar-refractivity contribution in [1.29, 1.82) is 0 Å². The molecule has 0 radical (unpaired) electrons. The number of ether oxygens (including phenoxy) is 1. The summed E-state index contributed by atoms with van der Waals surface area (Å²) in [6, 6.07) is 5.56. The minimum atomic E-state index is -0.0156. The van der Waals surface area contributed by atoms with E-state index in [1.807, 2.05) is 25.1 Å². The number of hydrogen-bond donors (Lipinski definition) is 2. The number of carbonyl (C=O) groups is 1. The maximum atomic E-state index is 11.9. The molecule has 1 fully saturated rings. The Morgan fingerprint density at radius 1 is 1.48 bits per heavy atom. The number of halogens is 1. The fraction of sp³-hybridized carbons (Fsp3) is 0.562. The summed E-state index contributed by atoms with van der Waals surface area (Å²) in [5.41, 5.74) is 1.03. The van der Waals surface area contributed by atoms with Gasteiger partial charge in [0.25, 0.3) is 0 Å². The predicted molar refractivity (Wildman–Crippen MR) is 85.0 cm³/mol. The lowest BCUT2D eigenvalue weighted by Crippen LogP contribution is -2.46. The molecule has 0 bridgehead atoms. The summed E-state index contributed by atoms with van der Waals surface area (Å²) in [5.74, 6) is 0.956. The van der Waals surface area contributed by atoms with Crippen molar-refractivity contribution in [3.8, 4) is 5.75 Å². The van der Waals surface area contributed by atoms with E-state index in [0.717, 1.165) is 43.5 Å². The Morgan fingerprint density at radius 3 is 3.05 bits per heavy atom. The zero-order chi connectivity index (χ0) is 15.1. The molecule has 116 valence electrons. The number of rotatable bonds is 6. The number of benzene rings is 1. The van der Waals surface area contributed by atoms with Crippen molar-refractivity contribution in [3.63, 3.8) is 0 Å². The van der Waals surface area contributed by atoms with Gasteiger partial charge in [0.2, 0.25) is 5.91 Å². The number of amides is 1. The smallest absolute Gasteiger partial charge is 0.237 e. The average molecular weight is 311 g/mol. The highest BCUT2D eigenvalue weighted by Gasteiger charge is 2.19. The van der Waals surface area contributed by atoms with Crippen LogP contribution in [0.4, 0.5) is 0 Å². The van der Waals surface area contributed by atoms with Crippen molar-refractivity contribution in [1.82, 2.24) is 10.6 Å². The summed E-state index contributed by atoms with van der Waals surface area (Å²) in [5, 5.41) is 6.92. The Bertz CT molecular complexity index is 473. The second-order valence-corrected chi connectivity index (χ2v) is 5.84. The number of piperidine rings is 1. The largest absolute Gasteiger partial charge is 0.493 e. The molecule has 0 aliphatic carbocycles. The van der Waals surface area contributed by atoms with Crippen molar-refractivity contribution in [2.45, 2.75) is 38.6 Å². The van der Waals surface area contributed by atoms with Gasteiger partial charge in [0, 0.05) is 11.6 Å². The number of aryl methyl sites for hydroxylation is 1. The molecular formula is C16H23ClN2O2. The first-order valence-corrected chi connectivity index (χ1v) is 7.94.